The van der Waals surface area contributed by atoms with Crippen molar-refractivity contribution in [2.24, 2.45) is 5.73 Å². The number of nitrogens with one attached hydrogen (secondary N) is 1. The van der Waals surface area contributed by atoms with E-state index in [1.165, 1.54) is 24.3 Å². The fraction of sp³-hybridized carbons (Fsp3) is 0.235. The van der Waals surface area contributed by atoms with Crippen LogP contribution in [0.25, 0.3) is 0 Å². The number of esters is 1. The summed E-state index contributed by atoms with van der Waals surface area (Å²) >= 11 is 1.17. The second kappa shape index (κ2) is 7.27. The predicted octanol–water partition coefficient (Wildman–Crippen LogP) is 2.65. The molecule has 0 aliphatic carbocycles. The highest BCUT2D eigenvalue weighted by Crippen LogP contribution is 2.23. The lowest BCUT2D eigenvalue weighted by Crippen LogP contribution is -2.30. The minimum absolute atomic E-state index is 0.223. The molecule has 2 aromatic rings. The summed E-state index contributed by atoms with van der Waals surface area (Å²) in [5, 5.41) is 4.53. The maximum atomic E-state index is 12.2. The third-order valence-corrected chi connectivity index (χ3v) is 4.25. The Morgan fingerprint density at radius 1 is 1.17 bits per heavy atom. The van der Waals surface area contributed by atoms with E-state index in [1.807, 2.05) is 13.0 Å². The monoisotopic (exact) mass is 346 g/mol. The molecular weight excluding hydrogens is 328 g/mol. The highest BCUT2D eigenvalue weighted by molar-refractivity contribution is 7.14. The Hall–Kier alpha value is -2.67. The Bertz CT molecular complexity index is 798. The van der Waals surface area contributed by atoms with Crippen molar-refractivity contribution < 1.29 is 19.1 Å². The van der Waals surface area contributed by atoms with E-state index in [2.05, 4.69) is 5.32 Å². The molecule has 3 N–H and O–H groups in total. The number of carbonyl (C=O) groups is 3. The van der Waals surface area contributed by atoms with Gasteiger partial charge in [-0.05, 0) is 43.8 Å². The molecule has 126 valence electrons. The molecule has 0 aliphatic rings. The first-order chi connectivity index (χ1) is 11.3. The number of thiophene rings is 1. The molecule has 1 atom stereocenters. The second-order valence-electron chi connectivity index (χ2n) is 5.38. The summed E-state index contributed by atoms with van der Waals surface area (Å²) in [6.45, 7) is 5.20. The minimum Gasteiger partial charge on any atom is -0.449 e. The smallest absolute Gasteiger partial charge is 0.339 e. The zero-order chi connectivity index (χ0) is 17.9. The van der Waals surface area contributed by atoms with Gasteiger partial charge >= 0.3 is 5.97 Å². The van der Waals surface area contributed by atoms with Gasteiger partial charge in [-0.15, -0.1) is 11.3 Å². The van der Waals surface area contributed by atoms with Gasteiger partial charge < -0.3 is 15.8 Å². The van der Waals surface area contributed by atoms with E-state index < -0.39 is 23.9 Å². The molecule has 0 bridgehead atoms. The number of carbonyl (C=O) groups excluding carboxylic acids is 3. The summed E-state index contributed by atoms with van der Waals surface area (Å²) in [6.07, 6.45) is -1.01. The lowest BCUT2D eigenvalue weighted by Gasteiger charge is -2.14. The Morgan fingerprint density at radius 3 is 2.50 bits per heavy atom. The topological polar surface area (TPSA) is 98.5 Å². The molecule has 0 saturated carbocycles. The number of anilines is 1. The second-order valence-corrected chi connectivity index (χ2v) is 6.30. The Balaban J connectivity index is 2.04. The van der Waals surface area contributed by atoms with Gasteiger partial charge in [0, 0.05) is 0 Å². The van der Waals surface area contributed by atoms with Crippen LogP contribution in [0.5, 0.6) is 0 Å². The first kappa shape index (κ1) is 17.7. The lowest BCUT2D eigenvalue weighted by molar-refractivity contribution is -0.123. The van der Waals surface area contributed by atoms with E-state index in [4.69, 9.17) is 10.5 Å². The van der Waals surface area contributed by atoms with Crippen LogP contribution in [0.15, 0.2) is 29.6 Å². The van der Waals surface area contributed by atoms with Gasteiger partial charge in [0.15, 0.2) is 6.10 Å². The Kier molecular flexibility index (Phi) is 5.35. The number of hydrogen-bond donors (Lipinski definition) is 2. The van der Waals surface area contributed by atoms with Crippen molar-refractivity contribution in [2.75, 3.05) is 5.32 Å². The van der Waals surface area contributed by atoms with Gasteiger partial charge in [-0.2, -0.15) is 0 Å². The number of aryl methyl sites for hydroxylation is 2. The fourth-order valence-electron chi connectivity index (χ4n) is 2.13. The molecule has 24 heavy (non-hydrogen) atoms. The first-order valence-electron chi connectivity index (χ1n) is 7.26. The van der Waals surface area contributed by atoms with E-state index in [9.17, 15) is 14.4 Å². The van der Waals surface area contributed by atoms with Crippen LogP contribution in [0.4, 0.5) is 5.00 Å². The Labute approximate surface area is 143 Å². The summed E-state index contributed by atoms with van der Waals surface area (Å²) in [6, 6.07) is 6.86. The van der Waals surface area contributed by atoms with Crippen molar-refractivity contribution in [2.45, 2.75) is 26.9 Å². The molecule has 0 aliphatic heterocycles. The van der Waals surface area contributed by atoms with Gasteiger partial charge in [0.25, 0.3) is 11.8 Å². The molecule has 7 heteroatoms. The Morgan fingerprint density at radius 2 is 1.88 bits per heavy atom. The third-order valence-electron chi connectivity index (χ3n) is 3.42. The summed E-state index contributed by atoms with van der Waals surface area (Å²) in [7, 11) is 0. The van der Waals surface area contributed by atoms with Crippen molar-refractivity contribution in [1.29, 1.82) is 0 Å². The number of primary amides is 1. The van der Waals surface area contributed by atoms with Crippen LogP contribution in [0.2, 0.25) is 0 Å². The van der Waals surface area contributed by atoms with Crippen LogP contribution in [-0.4, -0.2) is 23.9 Å². The molecule has 0 fully saturated rings. The van der Waals surface area contributed by atoms with E-state index in [1.54, 1.807) is 24.4 Å². The predicted molar refractivity (Wildman–Crippen MR) is 92.3 cm³/mol. The van der Waals surface area contributed by atoms with Crippen LogP contribution in [-0.2, 0) is 9.53 Å². The first-order valence-corrected chi connectivity index (χ1v) is 8.14. The molecule has 6 nitrogen and oxygen atoms in total. The quantitative estimate of drug-likeness (QED) is 0.813. The molecule has 0 saturated heterocycles. The minimum atomic E-state index is -1.01. The van der Waals surface area contributed by atoms with Crippen molar-refractivity contribution in [3.05, 3.63) is 51.9 Å². The molecule has 1 aromatic carbocycles. The maximum Gasteiger partial charge on any atom is 0.339 e. The fourth-order valence-corrected chi connectivity index (χ4v) is 2.93. The molecule has 0 spiro atoms. The molecule has 0 radical (unpaired) electrons. The van der Waals surface area contributed by atoms with Crippen LogP contribution in [0, 0.1) is 13.8 Å². The van der Waals surface area contributed by atoms with Crippen molar-refractivity contribution in [1.82, 2.24) is 0 Å². The summed E-state index contributed by atoms with van der Waals surface area (Å²) in [5.74, 6) is -1.74. The molecule has 2 rings (SSSR count). The van der Waals surface area contributed by atoms with Crippen LogP contribution >= 0.6 is 11.3 Å². The van der Waals surface area contributed by atoms with Crippen molar-refractivity contribution in [3.8, 4) is 0 Å². The standard InChI is InChI=1S/C17H18N2O4S/c1-9-4-5-12(10(2)8-9)17(22)23-11(3)15(21)19-16-13(14(18)20)6-7-24-16/h4-8,11H,1-3H3,(H2,18,20)(H,19,21)/t11-/m1/s1. The van der Waals surface area contributed by atoms with Gasteiger partial charge in [-0.25, -0.2) is 4.79 Å². The summed E-state index contributed by atoms with van der Waals surface area (Å²) < 4.78 is 5.21. The summed E-state index contributed by atoms with van der Waals surface area (Å²) in [5.41, 5.74) is 7.68. The van der Waals surface area contributed by atoms with Crippen molar-refractivity contribution in [3.63, 3.8) is 0 Å². The van der Waals surface area contributed by atoms with Gasteiger partial charge in [-0.3, -0.25) is 9.59 Å². The average molecular weight is 346 g/mol. The van der Waals surface area contributed by atoms with E-state index in [0.717, 1.165) is 11.1 Å². The SMILES string of the molecule is Cc1ccc(C(=O)O[C@H](C)C(=O)Nc2sccc2C(N)=O)c(C)c1. The molecular formula is C17H18N2O4S. The van der Waals surface area contributed by atoms with Gasteiger partial charge in [0.1, 0.15) is 5.00 Å². The zero-order valence-corrected chi connectivity index (χ0v) is 14.4. The molecule has 1 heterocycles. The van der Waals surface area contributed by atoms with E-state index in [-0.39, 0.29) is 5.56 Å². The van der Waals surface area contributed by atoms with Crippen molar-refractivity contribution >= 4 is 34.1 Å². The lowest BCUT2D eigenvalue weighted by atomic mass is 10.1. The number of ether oxygens (including phenoxy) is 1. The molecule has 2 amide bonds. The summed E-state index contributed by atoms with van der Waals surface area (Å²) in [4.78, 5) is 35.6. The maximum absolute atomic E-state index is 12.2. The van der Waals surface area contributed by atoms with E-state index in [0.29, 0.717) is 10.6 Å². The number of hydrogen-bond acceptors (Lipinski definition) is 5. The third kappa shape index (κ3) is 3.99. The van der Waals surface area contributed by atoms with Crippen LogP contribution in [0.3, 0.4) is 0 Å². The number of rotatable bonds is 5. The van der Waals surface area contributed by atoms with Crippen LogP contribution in [0.1, 0.15) is 38.8 Å². The van der Waals surface area contributed by atoms with Gasteiger partial charge in [0.2, 0.25) is 0 Å². The van der Waals surface area contributed by atoms with Gasteiger partial charge in [-0.1, -0.05) is 17.7 Å². The highest BCUT2D eigenvalue weighted by Gasteiger charge is 2.22. The van der Waals surface area contributed by atoms with Gasteiger partial charge in [0.05, 0.1) is 11.1 Å². The van der Waals surface area contributed by atoms with Crippen LogP contribution < -0.4 is 11.1 Å². The van der Waals surface area contributed by atoms with E-state index >= 15 is 0 Å². The largest absolute Gasteiger partial charge is 0.449 e. The molecule has 1 aromatic heterocycles. The number of nitrogens with two attached hydrogens (primary N) is 1. The number of amides is 2. The molecule has 0 unspecified atom stereocenters. The average Bonchev–Trinajstić information content (AvgIpc) is 2.95. The highest BCUT2D eigenvalue weighted by atomic mass is 32.1. The normalized spacial score (nSPS) is 11.6. The number of benzene rings is 1. The zero-order valence-electron chi connectivity index (χ0n) is 13.6.